The Morgan fingerprint density at radius 1 is 1.52 bits per heavy atom. The summed E-state index contributed by atoms with van der Waals surface area (Å²) < 4.78 is 5.32. The first kappa shape index (κ1) is 16.4. The van der Waals surface area contributed by atoms with Crippen molar-refractivity contribution in [1.82, 2.24) is 15.2 Å². The van der Waals surface area contributed by atoms with Crippen LogP contribution in [-0.2, 0) is 16.0 Å². The predicted molar refractivity (Wildman–Crippen MR) is 84.6 cm³/mol. The van der Waals surface area contributed by atoms with Crippen molar-refractivity contribution in [3.05, 3.63) is 16.1 Å². The Bertz CT molecular complexity index is 444. The van der Waals surface area contributed by atoms with Crippen LogP contribution < -0.4 is 5.32 Å². The van der Waals surface area contributed by atoms with Gasteiger partial charge in [0.05, 0.1) is 24.4 Å². The van der Waals surface area contributed by atoms with Crippen LogP contribution >= 0.6 is 11.3 Å². The first-order valence-corrected chi connectivity index (χ1v) is 8.51. The van der Waals surface area contributed by atoms with Crippen LogP contribution in [0.25, 0.3) is 0 Å². The van der Waals surface area contributed by atoms with Crippen molar-refractivity contribution in [2.45, 2.75) is 26.7 Å². The zero-order chi connectivity index (χ0) is 15.1. The normalized spacial score (nSPS) is 17.6. The molecule has 1 fully saturated rings. The van der Waals surface area contributed by atoms with E-state index >= 15 is 0 Å². The minimum absolute atomic E-state index is 0.0354. The van der Waals surface area contributed by atoms with Crippen molar-refractivity contribution in [2.75, 3.05) is 39.4 Å². The lowest BCUT2D eigenvalue weighted by Gasteiger charge is -2.28. The summed E-state index contributed by atoms with van der Waals surface area (Å²) in [5.41, 5.74) is 3.00. The average Bonchev–Trinajstić information content (AvgIpc) is 2.90. The van der Waals surface area contributed by atoms with E-state index in [4.69, 9.17) is 4.74 Å². The van der Waals surface area contributed by atoms with Gasteiger partial charge in [-0.05, 0) is 19.8 Å². The lowest BCUT2D eigenvalue weighted by Crippen LogP contribution is -2.42. The Hall–Kier alpha value is -0.980. The minimum atomic E-state index is 0.0354. The number of aromatic nitrogens is 1. The maximum absolute atomic E-state index is 12.1. The van der Waals surface area contributed by atoms with Crippen LogP contribution in [0.15, 0.2) is 5.51 Å². The summed E-state index contributed by atoms with van der Waals surface area (Å²) in [6, 6.07) is 0. The molecule has 2 rings (SSSR count). The first-order valence-electron chi connectivity index (χ1n) is 7.63. The number of amides is 1. The van der Waals surface area contributed by atoms with Crippen LogP contribution in [-0.4, -0.2) is 55.2 Å². The van der Waals surface area contributed by atoms with Crippen LogP contribution in [0.2, 0.25) is 0 Å². The maximum Gasteiger partial charge on any atom is 0.224 e. The molecule has 0 aliphatic carbocycles. The molecular formula is C15H25N3O2S. The number of ether oxygens (including phenoxy) is 1. The minimum Gasteiger partial charge on any atom is -0.379 e. The largest absolute Gasteiger partial charge is 0.379 e. The van der Waals surface area contributed by atoms with Crippen molar-refractivity contribution in [2.24, 2.45) is 5.92 Å². The molecule has 1 aliphatic heterocycles. The number of thiazole rings is 1. The quantitative estimate of drug-likeness (QED) is 0.775. The van der Waals surface area contributed by atoms with Gasteiger partial charge in [-0.3, -0.25) is 9.69 Å². The van der Waals surface area contributed by atoms with E-state index in [9.17, 15) is 4.79 Å². The highest BCUT2D eigenvalue weighted by molar-refractivity contribution is 7.09. The fourth-order valence-corrected chi connectivity index (χ4v) is 3.28. The fourth-order valence-electron chi connectivity index (χ4n) is 2.45. The Kier molecular flexibility index (Phi) is 6.60. The van der Waals surface area contributed by atoms with Crippen LogP contribution in [0, 0.1) is 12.8 Å². The molecule has 118 valence electrons. The van der Waals surface area contributed by atoms with E-state index in [1.165, 1.54) is 4.88 Å². The van der Waals surface area contributed by atoms with E-state index in [0.717, 1.165) is 57.9 Å². The number of hydrogen-bond acceptors (Lipinski definition) is 5. The molecular weight excluding hydrogens is 286 g/mol. The van der Waals surface area contributed by atoms with Gasteiger partial charge in [0, 0.05) is 37.0 Å². The second-order valence-electron chi connectivity index (χ2n) is 5.57. The molecule has 1 atom stereocenters. The van der Waals surface area contributed by atoms with E-state index < -0.39 is 0 Å². The molecule has 0 radical (unpaired) electrons. The molecule has 2 heterocycles. The predicted octanol–water partition coefficient (Wildman–Crippen LogP) is 1.47. The Labute approximate surface area is 130 Å². The summed E-state index contributed by atoms with van der Waals surface area (Å²) in [6.45, 7) is 9.02. The fraction of sp³-hybridized carbons (Fsp3) is 0.733. The monoisotopic (exact) mass is 311 g/mol. The van der Waals surface area contributed by atoms with Gasteiger partial charge in [0.25, 0.3) is 0 Å². The number of carbonyl (C=O) groups is 1. The van der Waals surface area contributed by atoms with Crippen molar-refractivity contribution < 1.29 is 9.53 Å². The van der Waals surface area contributed by atoms with Gasteiger partial charge in [0.1, 0.15) is 0 Å². The van der Waals surface area contributed by atoms with Crippen molar-refractivity contribution in [3.8, 4) is 0 Å². The molecule has 1 aromatic heterocycles. The number of nitrogens with zero attached hydrogens (tertiary/aromatic N) is 2. The summed E-state index contributed by atoms with van der Waals surface area (Å²) >= 11 is 1.70. The summed E-state index contributed by atoms with van der Waals surface area (Å²) in [4.78, 5) is 19.9. The van der Waals surface area contributed by atoms with Gasteiger partial charge < -0.3 is 10.1 Å². The standard InChI is InChI=1S/C15H25N3O2S/c1-12(10-18-6-8-20-9-7-18)15(19)16-5-3-4-14-13(2)17-11-21-14/h11-12H,3-10H2,1-2H3,(H,16,19)/t12-/m0/s1. The molecule has 0 aromatic carbocycles. The summed E-state index contributed by atoms with van der Waals surface area (Å²) in [5.74, 6) is 0.191. The molecule has 1 amide bonds. The van der Waals surface area contributed by atoms with Crippen LogP contribution in [0.5, 0.6) is 0 Å². The molecule has 0 saturated carbocycles. The average molecular weight is 311 g/mol. The summed E-state index contributed by atoms with van der Waals surface area (Å²) in [6.07, 6.45) is 1.97. The zero-order valence-electron chi connectivity index (χ0n) is 12.9. The summed E-state index contributed by atoms with van der Waals surface area (Å²) in [7, 11) is 0. The maximum atomic E-state index is 12.1. The zero-order valence-corrected chi connectivity index (χ0v) is 13.7. The van der Waals surface area contributed by atoms with Gasteiger partial charge in [0.2, 0.25) is 5.91 Å². The molecule has 1 saturated heterocycles. The van der Waals surface area contributed by atoms with E-state index in [2.05, 4.69) is 15.2 Å². The molecule has 1 aromatic rings. The molecule has 0 bridgehead atoms. The Morgan fingerprint density at radius 2 is 2.29 bits per heavy atom. The van der Waals surface area contributed by atoms with Gasteiger partial charge in [-0.25, -0.2) is 4.98 Å². The highest BCUT2D eigenvalue weighted by Crippen LogP contribution is 2.13. The summed E-state index contributed by atoms with van der Waals surface area (Å²) in [5, 5.41) is 3.04. The highest BCUT2D eigenvalue weighted by atomic mass is 32.1. The van der Waals surface area contributed by atoms with Gasteiger partial charge in [0.15, 0.2) is 0 Å². The number of rotatable bonds is 7. The number of morpholine rings is 1. The molecule has 5 nitrogen and oxygen atoms in total. The molecule has 0 unspecified atom stereocenters. The van der Waals surface area contributed by atoms with Crippen molar-refractivity contribution in [1.29, 1.82) is 0 Å². The third kappa shape index (κ3) is 5.37. The second-order valence-corrected chi connectivity index (χ2v) is 6.51. The van der Waals surface area contributed by atoms with E-state index in [-0.39, 0.29) is 11.8 Å². The second kappa shape index (κ2) is 8.46. The highest BCUT2D eigenvalue weighted by Gasteiger charge is 2.18. The number of hydrogen-bond donors (Lipinski definition) is 1. The number of carbonyl (C=O) groups excluding carboxylic acids is 1. The molecule has 6 heteroatoms. The van der Waals surface area contributed by atoms with Crippen LogP contribution in [0.3, 0.4) is 0 Å². The van der Waals surface area contributed by atoms with Crippen LogP contribution in [0.1, 0.15) is 23.9 Å². The van der Waals surface area contributed by atoms with Gasteiger partial charge in [-0.15, -0.1) is 11.3 Å². The molecule has 21 heavy (non-hydrogen) atoms. The topological polar surface area (TPSA) is 54.5 Å². The first-order chi connectivity index (χ1) is 10.2. The van der Waals surface area contributed by atoms with Gasteiger partial charge in [-0.2, -0.15) is 0 Å². The van der Waals surface area contributed by atoms with E-state index in [1.54, 1.807) is 11.3 Å². The van der Waals surface area contributed by atoms with Crippen molar-refractivity contribution >= 4 is 17.2 Å². The molecule has 1 aliphatic rings. The van der Waals surface area contributed by atoms with Crippen LogP contribution in [0.4, 0.5) is 0 Å². The SMILES string of the molecule is Cc1ncsc1CCCNC(=O)[C@@H](C)CN1CCOCC1. The Morgan fingerprint density at radius 3 is 2.95 bits per heavy atom. The van der Waals surface area contributed by atoms with E-state index in [1.807, 2.05) is 19.4 Å². The van der Waals surface area contributed by atoms with Gasteiger partial charge >= 0.3 is 0 Å². The van der Waals surface area contributed by atoms with Crippen molar-refractivity contribution in [3.63, 3.8) is 0 Å². The van der Waals surface area contributed by atoms with Gasteiger partial charge in [-0.1, -0.05) is 6.92 Å². The third-order valence-corrected chi connectivity index (χ3v) is 4.80. The molecule has 0 spiro atoms. The molecule has 1 N–H and O–H groups in total. The third-order valence-electron chi connectivity index (χ3n) is 3.81. The lowest BCUT2D eigenvalue weighted by molar-refractivity contribution is -0.125. The number of nitrogens with one attached hydrogen (secondary N) is 1. The van der Waals surface area contributed by atoms with E-state index in [0.29, 0.717) is 0 Å². The smallest absolute Gasteiger partial charge is 0.224 e. The Balaban J connectivity index is 1.61. The lowest BCUT2D eigenvalue weighted by atomic mass is 10.1. The number of aryl methyl sites for hydroxylation is 2.